The third kappa shape index (κ3) is 4.32. The van der Waals surface area contributed by atoms with Crippen molar-refractivity contribution in [3.63, 3.8) is 0 Å². The maximum absolute atomic E-state index is 7.40. The van der Waals surface area contributed by atoms with E-state index in [1.54, 1.807) is 0 Å². The Labute approximate surface area is 217 Å². The molecule has 1 aromatic rings. The molecule has 0 radical (unpaired) electrons. The van der Waals surface area contributed by atoms with Gasteiger partial charge < -0.3 is 9.47 Å². The number of rotatable bonds is 0. The first-order valence-electron chi connectivity index (χ1n) is 14.5. The first kappa shape index (κ1) is 24.4. The first-order chi connectivity index (χ1) is 17.1. The van der Waals surface area contributed by atoms with Crippen molar-refractivity contribution >= 4 is 23.1 Å². The molecule has 2 heterocycles. The average molecular weight is 511 g/mol. The molecule has 2 aliphatic heterocycles. The van der Waals surface area contributed by atoms with Crippen LogP contribution in [0.15, 0.2) is 48.5 Å². The highest BCUT2D eigenvalue weighted by molar-refractivity contribution is 8.19. The van der Waals surface area contributed by atoms with E-state index in [1.165, 1.54) is 88.8 Å². The predicted octanol–water partition coefficient (Wildman–Crippen LogP) is 7.92. The van der Waals surface area contributed by atoms with E-state index in [-0.39, 0.29) is 17.8 Å². The molecule has 1 aromatic carbocycles. The molecule has 0 bridgehead atoms. The van der Waals surface area contributed by atoms with Crippen LogP contribution < -0.4 is 10.0 Å². The molecule has 8 unspecified atom stereocenters. The van der Waals surface area contributed by atoms with Crippen LogP contribution in [0, 0.1) is 11.8 Å². The van der Waals surface area contributed by atoms with Crippen LogP contribution >= 0.6 is 6.04 Å². The van der Waals surface area contributed by atoms with Crippen molar-refractivity contribution in [1.29, 1.82) is 0 Å². The van der Waals surface area contributed by atoms with Gasteiger partial charge in [-0.2, -0.15) is 0 Å². The van der Waals surface area contributed by atoms with E-state index in [4.69, 9.17) is 21.3 Å². The Bertz CT molecular complexity index is 1020. The second-order valence-electron chi connectivity index (χ2n) is 12.0. The molecule has 2 nitrogen and oxygen atoms in total. The summed E-state index contributed by atoms with van der Waals surface area (Å²) in [7, 11) is 0. The Morgan fingerprint density at radius 2 is 1.46 bits per heavy atom. The van der Waals surface area contributed by atoms with E-state index in [0.29, 0.717) is 17.2 Å². The lowest BCUT2D eigenvalue weighted by Crippen LogP contribution is -2.59. The zero-order chi connectivity index (χ0) is 23.9. The van der Waals surface area contributed by atoms with Gasteiger partial charge >= 0.3 is 0 Å². The van der Waals surface area contributed by atoms with E-state index >= 15 is 0 Å². The van der Waals surface area contributed by atoms with Gasteiger partial charge in [0.25, 0.3) is 0 Å². The third-order valence-electron chi connectivity index (χ3n) is 9.84. The van der Waals surface area contributed by atoms with Crippen LogP contribution in [-0.2, 0) is 16.5 Å². The van der Waals surface area contributed by atoms with Gasteiger partial charge in [0, 0.05) is 17.0 Å². The molecule has 6 rings (SSSR count). The van der Waals surface area contributed by atoms with Crippen LogP contribution in [-0.4, -0.2) is 29.1 Å². The Morgan fingerprint density at radius 3 is 2.26 bits per heavy atom. The topological polar surface area (TPSA) is 18.5 Å². The molecule has 3 saturated carbocycles. The Kier molecular flexibility index (Phi) is 7.06. The van der Waals surface area contributed by atoms with Gasteiger partial charge in [-0.1, -0.05) is 113 Å². The second kappa shape index (κ2) is 10.1. The van der Waals surface area contributed by atoms with E-state index in [1.807, 2.05) is 0 Å². The molecule has 4 heteroatoms. The van der Waals surface area contributed by atoms with Gasteiger partial charge in [-0.05, 0) is 50.0 Å². The molecule has 3 aliphatic carbocycles. The summed E-state index contributed by atoms with van der Waals surface area (Å²) in [5.41, 5.74) is 0.931. The van der Waals surface area contributed by atoms with Crippen molar-refractivity contribution in [2.45, 2.75) is 120 Å². The number of hydrogen-bond donors (Lipinski definition) is 0. The van der Waals surface area contributed by atoms with Crippen molar-refractivity contribution in [2.75, 3.05) is 0 Å². The molecule has 0 aromatic heterocycles. The number of ether oxygens (including phenoxy) is 2. The molecule has 1 saturated heterocycles. The largest absolute Gasteiger partial charge is 0.489 e. The summed E-state index contributed by atoms with van der Waals surface area (Å²) in [5, 5.41) is 1.37. The maximum Gasteiger partial charge on any atom is 0.128 e. The summed E-state index contributed by atoms with van der Waals surface area (Å²) in [6.45, 7) is 2.43. The molecule has 1 spiro atoms. The van der Waals surface area contributed by atoms with Gasteiger partial charge in [0.2, 0.25) is 0 Å². The monoisotopic (exact) mass is 510 g/mol. The molecule has 8 atom stereocenters. The fraction of sp³-hybridized carbons (Fsp3) is 0.677. The Balaban J connectivity index is 1.57. The standard InChI is InChI=1S/C31H43O2PS/c1-23-16-10-6-8-13-19-26-30-29(23)32-25-18-12-4-2-3-5-14-20-27(25)34(30,35)28-21-15-9-7-11-17-24-22-31(24,28)33-26/h2-5,12,14,18,20,23-24,26,28-30H,6-11,13,15-17,19,21-22H2,1H3. The summed E-state index contributed by atoms with van der Waals surface area (Å²) >= 11 is 7.21. The summed E-state index contributed by atoms with van der Waals surface area (Å²) in [5.74, 6) is 2.32. The van der Waals surface area contributed by atoms with Crippen molar-refractivity contribution in [3.8, 4) is 5.75 Å². The summed E-state index contributed by atoms with van der Waals surface area (Å²) in [6.07, 6.45) is 17.4. The molecule has 0 N–H and O–H groups in total. The zero-order valence-electron chi connectivity index (χ0n) is 21.4. The van der Waals surface area contributed by atoms with Crippen LogP contribution in [0.3, 0.4) is 0 Å². The van der Waals surface area contributed by atoms with E-state index in [2.05, 4.69) is 55.5 Å². The minimum Gasteiger partial charge on any atom is -0.489 e. The van der Waals surface area contributed by atoms with Crippen molar-refractivity contribution in [3.05, 3.63) is 48.5 Å². The van der Waals surface area contributed by atoms with E-state index in [9.17, 15) is 0 Å². The molecule has 4 fully saturated rings. The summed E-state index contributed by atoms with van der Waals surface area (Å²) in [4.78, 5) is 0. The average Bonchev–Trinajstić information content (AvgIpc) is 3.52. The zero-order valence-corrected chi connectivity index (χ0v) is 23.2. The van der Waals surface area contributed by atoms with Crippen LogP contribution in [0.2, 0.25) is 0 Å². The highest BCUT2D eigenvalue weighted by Crippen LogP contribution is 2.75. The maximum atomic E-state index is 7.40. The quantitative estimate of drug-likeness (QED) is 0.330. The van der Waals surface area contributed by atoms with Crippen molar-refractivity contribution < 1.29 is 9.47 Å². The van der Waals surface area contributed by atoms with Crippen LogP contribution in [0.5, 0.6) is 5.75 Å². The molecular weight excluding hydrogens is 467 g/mol. The van der Waals surface area contributed by atoms with Crippen LogP contribution in [0.1, 0.15) is 90.4 Å². The van der Waals surface area contributed by atoms with E-state index < -0.39 is 6.04 Å². The SMILES string of the molecule is CC1CCCCCCC2OC34CC3CCCCCCC4P3(=S)c4ccccccccc4OC1C23. The lowest BCUT2D eigenvalue weighted by atomic mass is 9.88. The van der Waals surface area contributed by atoms with Gasteiger partial charge in [-0.3, -0.25) is 0 Å². The van der Waals surface area contributed by atoms with E-state index in [0.717, 1.165) is 11.7 Å². The summed E-state index contributed by atoms with van der Waals surface area (Å²) < 4.78 is 14.4. The molecule has 190 valence electrons. The second-order valence-corrected chi connectivity index (χ2v) is 16.9. The lowest BCUT2D eigenvalue weighted by Gasteiger charge is -2.57. The highest BCUT2D eigenvalue weighted by atomic mass is 32.4. The summed E-state index contributed by atoms with van der Waals surface area (Å²) in [6, 6.07) is 15.5. The lowest BCUT2D eigenvalue weighted by molar-refractivity contribution is -0.0790. The van der Waals surface area contributed by atoms with Gasteiger partial charge in [0.1, 0.15) is 11.9 Å². The van der Waals surface area contributed by atoms with Gasteiger partial charge in [-0.25, -0.2) is 0 Å². The van der Waals surface area contributed by atoms with Crippen molar-refractivity contribution in [2.24, 2.45) is 11.8 Å². The fourth-order valence-corrected chi connectivity index (χ4v) is 15.1. The predicted molar refractivity (Wildman–Crippen MR) is 150 cm³/mol. The Hall–Kier alpha value is -0.890. The normalized spacial score (nSPS) is 42.5. The number of hydrogen-bond acceptors (Lipinski definition) is 3. The molecule has 0 amide bonds. The Morgan fingerprint density at radius 1 is 0.800 bits per heavy atom. The smallest absolute Gasteiger partial charge is 0.128 e. The fourth-order valence-electron chi connectivity index (χ4n) is 8.04. The minimum absolute atomic E-state index is 0.0526. The molecular formula is C31H43O2PS. The van der Waals surface area contributed by atoms with Crippen molar-refractivity contribution in [1.82, 2.24) is 0 Å². The first-order valence-corrected chi connectivity index (χ1v) is 17.5. The highest BCUT2D eigenvalue weighted by Gasteiger charge is 2.70. The van der Waals surface area contributed by atoms with Gasteiger partial charge in [0.15, 0.2) is 0 Å². The van der Waals surface area contributed by atoms with Crippen LogP contribution in [0.25, 0.3) is 0 Å². The van der Waals surface area contributed by atoms with Gasteiger partial charge in [0.05, 0.1) is 17.4 Å². The molecule has 35 heavy (non-hydrogen) atoms. The molecule has 5 aliphatic rings. The van der Waals surface area contributed by atoms with Crippen LogP contribution in [0.4, 0.5) is 0 Å². The number of fused-ring (bicyclic) bond motifs is 3. The van der Waals surface area contributed by atoms with Gasteiger partial charge in [-0.15, -0.1) is 0 Å². The third-order valence-corrected chi connectivity index (χ3v) is 16.2. The minimum atomic E-state index is -1.98.